The van der Waals surface area contributed by atoms with E-state index in [1.807, 2.05) is 35.2 Å². The second-order valence-electron chi connectivity index (χ2n) is 7.99. The van der Waals surface area contributed by atoms with E-state index in [1.54, 1.807) is 12.1 Å². The van der Waals surface area contributed by atoms with Gasteiger partial charge in [0.1, 0.15) is 17.5 Å². The normalized spacial score (nSPS) is 13.8. The summed E-state index contributed by atoms with van der Waals surface area (Å²) in [6.45, 7) is 2.73. The molecule has 7 nitrogen and oxygen atoms in total. The van der Waals surface area contributed by atoms with Gasteiger partial charge in [0.05, 0.1) is 24.0 Å². The minimum Gasteiger partial charge on any atom is -0.355 e. The Bertz CT molecular complexity index is 1140. The first-order valence-electron chi connectivity index (χ1n) is 11.0. The number of aromatic nitrogens is 1. The fourth-order valence-corrected chi connectivity index (χ4v) is 3.80. The average Bonchev–Trinajstić information content (AvgIpc) is 3.09. The summed E-state index contributed by atoms with van der Waals surface area (Å²) in [4.78, 5) is 33.2. The minimum absolute atomic E-state index is 0.115. The van der Waals surface area contributed by atoms with Crippen LogP contribution in [0, 0.1) is 11.6 Å². The van der Waals surface area contributed by atoms with Crippen LogP contribution in [0.15, 0.2) is 66.9 Å². The zero-order valence-electron chi connectivity index (χ0n) is 18.5. The van der Waals surface area contributed by atoms with Crippen LogP contribution in [0.4, 0.5) is 30.8 Å². The van der Waals surface area contributed by atoms with Crippen LogP contribution >= 0.6 is 0 Å². The summed E-state index contributed by atoms with van der Waals surface area (Å²) < 4.78 is 26.7. The molecule has 0 atom stereocenters. The zero-order chi connectivity index (χ0) is 23.9. The van der Waals surface area contributed by atoms with Gasteiger partial charge in [-0.2, -0.15) is 0 Å². The highest BCUT2D eigenvalue weighted by Gasteiger charge is 2.20. The summed E-state index contributed by atoms with van der Waals surface area (Å²) in [5.41, 5.74) is 1.31. The van der Waals surface area contributed by atoms with Crippen molar-refractivity contribution in [2.75, 3.05) is 41.7 Å². The molecular formula is C25H25F2N5O2. The smallest absolute Gasteiger partial charge is 0.323 e. The largest absolute Gasteiger partial charge is 0.355 e. The molecule has 3 aromatic rings. The Hall–Kier alpha value is -4.01. The molecule has 0 aliphatic carbocycles. The molecule has 0 saturated carbocycles. The van der Waals surface area contributed by atoms with Gasteiger partial charge >= 0.3 is 6.03 Å². The third kappa shape index (κ3) is 6.06. The molecule has 9 heteroatoms. The maximum absolute atomic E-state index is 13.7. The molecule has 2 heterocycles. The fraction of sp³-hybridized carbons (Fsp3) is 0.240. The van der Waals surface area contributed by atoms with Crippen molar-refractivity contribution in [3.05, 3.63) is 84.1 Å². The van der Waals surface area contributed by atoms with E-state index in [2.05, 4.69) is 20.5 Å². The highest BCUT2D eigenvalue weighted by molar-refractivity contribution is 5.99. The summed E-state index contributed by atoms with van der Waals surface area (Å²) in [5, 5.41) is 4.91. The molecule has 0 radical (unpaired) electrons. The third-order valence-corrected chi connectivity index (χ3v) is 5.56. The Kier molecular flexibility index (Phi) is 7.31. The van der Waals surface area contributed by atoms with E-state index < -0.39 is 17.7 Å². The summed E-state index contributed by atoms with van der Waals surface area (Å²) in [6.07, 6.45) is 2.73. The number of carbonyl (C=O) groups excluding carboxylic acids is 2. The first-order chi connectivity index (χ1) is 16.5. The number of halogens is 2. The van der Waals surface area contributed by atoms with Gasteiger partial charge in [0.25, 0.3) is 0 Å². The van der Waals surface area contributed by atoms with Gasteiger partial charge in [0.15, 0.2) is 0 Å². The number of nitrogens with one attached hydrogen (secondary N) is 2. The molecule has 3 amide bonds. The van der Waals surface area contributed by atoms with Crippen molar-refractivity contribution < 1.29 is 18.4 Å². The van der Waals surface area contributed by atoms with Gasteiger partial charge < -0.3 is 20.4 Å². The van der Waals surface area contributed by atoms with E-state index in [9.17, 15) is 18.4 Å². The Balaban J connectivity index is 1.30. The fourth-order valence-electron chi connectivity index (χ4n) is 3.80. The maximum Gasteiger partial charge on any atom is 0.323 e. The van der Waals surface area contributed by atoms with Gasteiger partial charge in [-0.1, -0.05) is 30.3 Å². The third-order valence-electron chi connectivity index (χ3n) is 5.56. The lowest BCUT2D eigenvalue weighted by Gasteiger charge is -2.23. The number of urea groups is 1. The van der Waals surface area contributed by atoms with Crippen LogP contribution in [0.3, 0.4) is 0 Å². The molecule has 1 aliphatic rings. The van der Waals surface area contributed by atoms with Crippen molar-refractivity contribution in [3.8, 4) is 0 Å². The van der Waals surface area contributed by atoms with Gasteiger partial charge in [0.2, 0.25) is 5.91 Å². The minimum atomic E-state index is -0.860. The Labute approximate surface area is 196 Å². The quantitative estimate of drug-likeness (QED) is 0.590. The SMILES string of the molecule is O=C(Nc1ccc(N2CCCN(C(=O)Cc3ccccc3)CC2)nc1)Nc1ccc(F)cc1F. The zero-order valence-corrected chi connectivity index (χ0v) is 18.5. The second-order valence-corrected chi connectivity index (χ2v) is 7.99. The van der Waals surface area contributed by atoms with Crippen LogP contribution in [-0.2, 0) is 11.2 Å². The molecule has 1 aliphatic heterocycles. The van der Waals surface area contributed by atoms with Crippen molar-refractivity contribution in [2.45, 2.75) is 12.8 Å². The van der Waals surface area contributed by atoms with Crippen molar-refractivity contribution in [3.63, 3.8) is 0 Å². The Morgan fingerprint density at radius 3 is 2.47 bits per heavy atom. The number of hydrogen-bond acceptors (Lipinski definition) is 4. The lowest BCUT2D eigenvalue weighted by atomic mass is 10.1. The number of hydrogen-bond donors (Lipinski definition) is 2. The van der Waals surface area contributed by atoms with E-state index in [4.69, 9.17) is 0 Å². The molecule has 0 unspecified atom stereocenters. The molecule has 1 saturated heterocycles. The lowest BCUT2D eigenvalue weighted by molar-refractivity contribution is -0.130. The van der Waals surface area contributed by atoms with Gasteiger partial charge in [-0.15, -0.1) is 0 Å². The van der Waals surface area contributed by atoms with Crippen LogP contribution in [0.5, 0.6) is 0 Å². The molecular weight excluding hydrogens is 440 g/mol. The molecule has 2 N–H and O–H groups in total. The number of pyridine rings is 1. The summed E-state index contributed by atoms with van der Waals surface area (Å²) >= 11 is 0. The molecule has 2 aromatic carbocycles. The molecule has 0 bridgehead atoms. The van der Waals surface area contributed by atoms with Gasteiger partial charge in [0, 0.05) is 32.2 Å². The summed E-state index contributed by atoms with van der Waals surface area (Å²) in [6, 6.07) is 15.4. The molecule has 176 valence electrons. The molecule has 1 fully saturated rings. The average molecular weight is 466 g/mol. The Morgan fingerprint density at radius 2 is 1.74 bits per heavy atom. The number of rotatable bonds is 5. The van der Waals surface area contributed by atoms with E-state index >= 15 is 0 Å². The van der Waals surface area contributed by atoms with Crippen molar-refractivity contribution in [1.29, 1.82) is 0 Å². The maximum atomic E-state index is 13.7. The van der Waals surface area contributed by atoms with Gasteiger partial charge in [-0.3, -0.25) is 4.79 Å². The van der Waals surface area contributed by atoms with Crippen LogP contribution in [-0.4, -0.2) is 48.0 Å². The molecule has 34 heavy (non-hydrogen) atoms. The van der Waals surface area contributed by atoms with Crippen molar-refractivity contribution >= 4 is 29.1 Å². The van der Waals surface area contributed by atoms with Crippen LogP contribution in [0.1, 0.15) is 12.0 Å². The molecule has 1 aromatic heterocycles. The number of benzene rings is 2. The number of anilines is 3. The highest BCUT2D eigenvalue weighted by Crippen LogP contribution is 2.18. The van der Waals surface area contributed by atoms with E-state index in [0.29, 0.717) is 37.8 Å². The van der Waals surface area contributed by atoms with E-state index in [1.165, 1.54) is 6.20 Å². The van der Waals surface area contributed by atoms with Crippen LogP contribution in [0.2, 0.25) is 0 Å². The van der Waals surface area contributed by atoms with Crippen molar-refractivity contribution in [2.24, 2.45) is 0 Å². The summed E-state index contributed by atoms with van der Waals surface area (Å²) in [5.74, 6) is -0.724. The topological polar surface area (TPSA) is 77.6 Å². The number of amides is 3. The first-order valence-corrected chi connectivity index (χ1v) is 11.0. The number of carbonyl (C=O) groups is 2. The molecule has 4 rings (SSSR count). The van der Waals surface area contributed by atoms with E-state index in [0.717, 1.165) is 36.5 Å². The number of nitrogens with zero attached hydrogens (tertiary/aromatic N) is 3. The van der Waals surface area contributed by atoms with Crippen LogP contribution in [0.25, 0.3) is 0 Å². The van der Waals surface area contributed by atoms with E-state index in [-0.39, 0.29) is 11.6 Å². The van der Waals surface area contributed by atoms with Crippen LogP contribution < -0.4 is 15.5 Å². The highest BCUT2D eigenvalue weighted by atomic mass is 19.1. The van der Waals surface area contributed by atoms with Gasteiger partial charge in [-0.05, 0) is 36.2 Å². The molecule has 0 spiro atoms. The first kappa shape index (κ1) is 23.2. The van der Waals surface area contributed by atoms with Crippen molar-refractivity contribution in [1.82, 2.24) is 9.88 Å². The van der Waals surface area contributed by atoms with Gasteiger partial charge in [-0.25, -0.2) is 18.6 Å². The lowest BCUT2D eigenvalue weighted by Crippen LogP contribution is -2.36. The second kappa shape index (κ2) is 10.7. The summed E-state index contributed by atoms with van der Waals surface area (Å²) in [7, 11) is 0. The predicted molar refractivity (Wildman–Crippen MR) is 127 cm³/mol. The monoisotopic (exact) mass is 465 g/mol. The predicted octanol–water partition coefficient (Wildman–Crippen LogP) is 4.29. The standard InChI is InChI=1S/C25H25F2N5O2/c26-19-7-9-22(21(27)16-19)30-25(34)29-20-8-10-23(28-17-20)31-11-4-12-32(14-13-31)24(33)15-18-5-2-1-3-6-18/h1-3,5-10,16-17H,4,11-15H2,(H2,29,30,34). The Morgan fingerprint density at radius 1 is 0.912 bits per heavy atom.